The Labute approximate surface area is 161 Å². The Morgan fingerprint density at radius 2 is 1.81 bits per heavy atom. The molecule has 1 unspecified atom stereocenters. The van der Waals surface area contributed by atoms with Crippen LogP contribution in [0.2, 0.25) is 0 Å². The van der Waals surface area contributed by atoms with Gasteiger partial charge in [-0.3, -0.25) is 4.79 Å². The number of carbonyl (C=O) groups excluding carboxylic acids is 1. The summed E-state index contributed by atoms with van der Waals surface area (Å²) in [7, 11) is -6.99. The van der Waals surface area contributed by atoms with Crippen LogP contribution in [0.25, 0.3) is 0 Å². The number of nitrogens with zero attached hydrogens (tertiary/aromatic N) is 1. The number of likely N-dealkylation sites (N-methyl/N-ethyl adjacent to an activating group) is 1. The van der Waals surface area contributed by atoms with Gasteiger partial charge in [0.05, 0.1) is 16.4 Å². The maximum absolute atomic E-state index is 12.4. The third-order valence-electron chi connectivity index (χ3n) is 4.59. The smallest absolute Gasteiger partial charge is 0.251 e. The molecule has 27 heavy (non-hydrogen) atoms. The topological polar surface area (TPSA) is 113 Å². The van der Waals surface area contributed by atoms with Gasteiger partial charge in [0.15, 0.2) is 9.84 Å². The number of nitrogens with one attached hydrogen (secondary N) is 2. The summed E-state index contributed by atoms with van der Waals surface area (Å²) < 4.78 is 50.1. The third-order valence-corrected chi connectivity index (χ3v) is 7.89. The molecule has 0 radical (unpaired) electrons. The van der Waals surface area contributed by atoms with E-state index in [1.54, 1.807) is 0 Å². The second kappa shape index (κ2) is 9.13. The predicted molar refractivity (Wildman–Crippen MR) is 104 cm³/mol. The predicted octanol–water partition coefficient (Wildman–Crippen LogP) is 0.224. The van der Waals surface area contributed by atoms with Crippen LogP contribution in [0.15, 0.2) is 29.2 Å². The molecule has 0 aliphatic carbocycles. The number of benzene rings is 1. The first-order valence-corrected chi connectivity index (χ1v) is 12.3. The highest BCUT2D eigenvalue weighted by Crippen LogP contribution is 2.16. The first-order valence-electron chi connectivity index (χ1n) is 9.00. The van der Waals surface area contributed by atoms with E-state index in [1.807, 2.05) is 0 Å². The molecule has 1 fully saturated rings. The Morgan fingerprint density at radius 3 is 2.33 bits per heavy atom. The molecule has 1 aromatic carbocycles. The van der Waals surface area contributed by atoms with E-state index in [4.69, 9.17) is 0 Å². The van der Waals surface area contributed by atoms with Gasteiger partial charge < -0.3 is 10.2 Å². The number of sulfonamides is 1. The van der Waals surface area contributed by atoms with Gasteiger partial charge in [-0.2, -0.15) is 0 Å². The largest absolute Gasteiger partial charge is 0.351 e. The van der Waals surface area contributed by atoms with E-state index >= 15 is 0 Å². The van der Waals surface area contributed by atoms with Crippen molar-refractivity contribution in [1.82, 2.24) is 14.9 Å². The lowest BCUT2D eigenvalue weighted by Gasteiger charge is -2.18. The fraction of sp³-hybridized carbons (Fsp3) is 0.588. The summed E-state index contributed by atoms with van der Waals surface area (Å²) in [6, 6.07) is 5.00. The first kappa shape index (κ1) is 21.8. The molecule has 152 valence electrons. The monoisotopic (exact) mass is 417 g/mol. The molecule has 1 heterocycles. The van der Waals surface area contributed by atoms with Gasteiger partial charge >= 0.3 is 0 Å². The van der Waals surface area contributed by atoms with Crippen LogP contribution in [0, 0.1) is 0 Å². The lowest BCUT2D eigenvalue weighted by atomic mass is 10.2. The van der Waals surface area contributed by atoms with E-state index in [0.29, 0.717) is 12.1 Å². The average Bonchev–Trinajstić information content (AvgIpc) is 2.96. The Bertz CT molecular complexity index is 847. The van der Waals surface area contributed by atoms with Crippen molar-refractivity contribution in [2.24, 2.45) is 0 Å². The zero-order valence-corrected chi connectivity index (χ0v) is 17.3. The molecule has 1 saturated heterocycles. The third kappa shape index (κ3) is 6.27. The van der Waals surface area contributed by atoms with Crippen molar-refractivity contribution in [2.75, 3.05) is 37.7 Å². The lowest BCUT2D eigenvalue weighted by Crippen LogP contribution is -2.36. The average molecular weight is 418 g/mol. The van der Waals surface area contributed by atoms with Crippen LogP contribution in [0.5, 0.6) is 0 Å². The Morgan fingerprint density at radius 1 is 1.19 bits per heavy atom. The second-order valence-corrected chi connectivity index (χ2v) is 10.5. The summed E-state index contributed by atoms with van der Waals surface area (Å²) >= 11 is 0. The van der Waals surface area contributed by atoms with Crippen LogP contribution in [-0.4, -0.2) is 71.4 Å². The quantitative estimate of drug-likeness (QED) is 0.595. The molecule has 1 aliphatic heterocycles. The van der Waals surface area contributed by atoms with Crippen LogP contribution in [0.4, 0.5) is 0 Å². The molecular weight excluding hydrogens is 390 g/mol. The van der Waals surface area contributed by atoms with Crippen LogP contribution >= 0.6 is 0 Å². The zero-order chi connectivity index (χ0) is 20.1. The van der Waals surface area contributed by atoms with Gasteiger partial charge in [0.1, 0.15) is 0 Å². The molecule has 0 bridgehead atoms. The molecule has 1 aliphatic rings. The molecule has 0 spiro atoms. The van der Waals surface area contributed by atoms with Crippen molar-refractivity contribution < 1.29 is 21.6 Å². The molecule has 1 atom stereocenters. The van der Waals surface area contributed by atoms with E-state index in [2.05, 4.69) is 28.8 Å². The summed E-state index contributed by atoms with van der Waals surface area (Å²) in [5, 5.41) is 2.81. The number of amides is 1. The molecular formula is C17H27N3O5S2. The zero-order valence-electron chi connectivity index (χ0n) is 15.6. The van der Waals surface area contributed by atoms with Gasteiger partial charge in [0.2, 0.25) is 10.0 Å². The number of carbonyl (C=O) groups is 1. The minimum Gasteiger partial charge on any atom is -0.351 e. The van der Waals surface area contributed by atoms with Gasteiger partial charge in [-0.1, -0.05) is 13.8 Å². The van der Waals surface area contributed by atoms with E-state index in [1.165, 1.54) is 24.3 Å². The first-order chi connectivity index (χ1) is 12.7. The summed E-state index contributed by atoms with van der Waals surface area (Å²) in [4.78, 5) is 14.3. The second-order valence-electron chi connectivity index (χ2n) is 6.53. The van der Waals surface area contributed by atoms with Crippen LogP contribution < -0.4 is 10.0 Å². The van der Waals surface area contributed by atoms with Gasteiger partial charge in [-0.15, -0.1) is 0 Å². The van der Waals surface area contributed by atoms with E-state index in [9.17, 15) is 21.6 Å². The molecule has 1 amide bonds. The number of hydrogen-bond acceptors (Lipinski definition) is 6. The van der Waals surface area contributed by atoms with Crippen LogP contribution in [0.1, 0.15) is 30.6 Å². The van der Waals surface area contributed by atoms with Gasteiger partial charge in [0, 0.05) is 24.7 Å². The Hall–Kier alpha value is -1.49. The normalized spacial score (nSPS) is 19.3. The van der Waals surface area contributed by atoms with Gasteiger partial charge in [-0.05, 0) is 43.8 Å². The molecule has 1 aromatic rings. The SMILES string of the molecule is CCN(CC)CCNC(=O)c1ccc(S(=O)(=O)NC2CCS(=O)(=O)C2)cc1. The number of sulfone groups is 1. The molecule has 8 nitrogen and oxygen atoms in total. The van der Waals surface area contributed by atoms with Gasteiger partial charge in [0.25, 0.3) is 5.91 Å². The van der Waals surface area contributed by atoms with Crippen molar-refractivity contribution in [3.8, 4) is 0 Å². The Kier molecular flexibility index (Phi) is 7.38. The summed E-state index contributed by atoms with van der Waals surface area (Å²) in [6.07, 6.45) is 0.272. The maximum Gasteiger partial charge on any atom is 0.251 e. The lowest BCUT2D eigenvalue weighted by molar-refractivity contribution is 0.0949. The Balaban J connectivity index is 1.94. The maximum atomic E-state index is 12.4. The molecule has 2 rings (SSSR count). The minimum absolute atomic E-state index is 0.00601. The van der Waals surface area contributed by atoms with Crippen molar-refractivity contribution in [1.29, 1.82) is 0 Å². The van der Waals surface area contributed by atoms with Crippen molar-refractivity contribution in [3.05, 3.63) is 29.8 Å². The van der Waals surface area contributed by atoms with E-state index < -0.39 is 25.9 Å². The summed E-state index contributed by atoms with van der Waals surface area (Å²) in [6.45, 7) is 7.19. The fourth-order valence-electron chi connectivity index (χ4n) is 2.93. The van der Waals surface area contributed by atoms with Crippen molar-refractivity contribution >= 4 is 25.8 Å². The fourth-order valence-corrected chi connectivity index (χ4v) is 5.98. The minimum atomic E-state index is -3.82. The standard InChI is InChI=1S/C17H27N3O5S2/c1-3-20(4-2)11-10-18-17(21)14-5-7-16(8-6-14)27(24,25)19-15-9-12-26(22,23)13-15/h5-8,15,19H,3-4,9-13H2,1-2H3,(H,18,21). The van der Waals surface area contributed by atoms with Crippen LogP contribution in [0.3, 0.4) is 0 Å². The summed E-state index contributed by atoms with van der Waals surface area (Å²) in [5.41, 5.74) is 0.372. The highest BCUT2D eigenvalue weighted by atomic mass is 32.2. The number of hydrogen-bond donors (Lipinski definition) is 2. The van der Waals surface area contributed by atoms with Crippen molar-refractivity contribution in [3.63, 3.8) is 0 Å². The highest BCUT2D eigenvalue weighted by molar-refractivity contribution is 7.92. The molecule has 2 N–H and O–H groups in total. The van der Waals surface area contributed by atoms with Crippen LogP contribution in [-0.2, 0) is 19.9 Å². The molecule has 0 aromatic heterocycles. The highest BCUT2D eigenvalue weighted by Gasteiger charge is 2.31. The molecule has 10 heteroatoms. The van der Waals surface area contributed by atoms with E-state index in [-0.39, 0.29) is 28.7 Å². The number of rotatable bonds is 9. The van der Waals surface area contributed by atoms with Gasteiger partial charge in [-0.25, -0.2) is 21.6 Å². The summed E-state index contributed by atoms with van der Waals surface area (Å²) in [5.74, 6) is -0.451. The van der Waals surface area contributed by atoms with Crippen molar-refractivity contribution in [2.45, 2.75) is 31.2 Å². The van der Waals surface area contributed by atoms with E-state index in [0.717, 1.165) is 19.6 Å². The molecule has 0 saturated carbocycles.